The van der Waals surface area contributed by atoms with E-state index >= 15 is 0 Å². The molecule has 0 aromatic heterocycles. The first-order chi connectivity index (χ1) is 17.0. The van der Waals surface area contributed by atoms with Crippen molar-refractivity contribution in [3.63, 3.8) is 0 Å². The lowest BCUT2D eigenvalue weighted by Crippen LogP contribution is -2.37. The van der Waals surface area contributed by atoms with E-state index in [0.29, 0.717) is 23.4 Å². The second-order valence-electron chi connectivity index (χ2n) is 9.34. The summed E-state index contributed by atoms with van der Waals surface area (Å²) >= 11 is 0. The average molecular weight is 478 g/mol. The Kier molecular flexibility index (Phi) is 7.95. The van der Waals surface area contributed by atoms with Crippen LogP contribution < -0.4 is 5.32 Å². The lowest BCUT2D eigenvalue weighted by atomic mass is 9.75. The molecule has 7 heteroatoms. The van der Waals surface area contributed by atoms with E-state index in [4.69, 9.17) is 9.47 Å². The molecule has 1 N–H and O–H groups in total. The quantitative estimate of drug-likeness (QED) is 0.303. The Hall–Kier alpha value is -3.48. The molecule has 4 rings (SSSR count). The number of hydrogen-bond donors (Lipinski definition) is 1. The number of hydrogen-bond acceptors (Lipinski definition) is 6. The Balaban J connectivity index is 1.30. The fourth-order valence-electron chi connectivity index (χ4n) is 5.31. The number of ketones is 1. The number of nitrogens with one attached hydrogen (secondary N) is 1. The standard InChI is InChI=1S/C28H31NO6/c1-2-3-15-34-27(32)19-11-13-22(14-12-19)29-23(30)17-35-28(33)25-21-10-9-20(16-21)24(25)26(31)18-7-5-4-6-8-18/h4-8,11-14,20-21,24-25H,2-3,9-10,15-17H2,1H3,(H,29,30)/t20-,21-,24-,25-/m0/s1. The summed E-state index contributed by atoms with van der Waals surface area (Å²) in [5, 5.41) is 2.66. The number of carbonyl (C=O) groups is 4. The number of esters is 2. The number of amides is 1. The summed E-state index contributed by atoms with van der Waals surface area (Å²) in [5.41, 5.74) is 1.49. The molecule has 2 fully saturated rings. The summed E-state index contributed by atoms with van der Waals surface area (Å²) in [4.78, 5) is 50.5. The number of unbranched alkanes of at least 4 members (excludes halogenated alkanes) is 1. The Labute approximate surface area is 205 Å². The van der Waals surface area contributed by atoms with Crippen LogP contribution in [0.25, 0.3) is 0 Å². The molecule has 2 aromatic carbocycles. The zero-order chi connectivity index (χ0) is 24.8. The minimum absolute atomic E-state index is 0.0162. The third kappa shape index (κ3) is 5.78. The third-order valence-electron chi connectivity index (χ3n) is 7.03. The third-order valence-corrected chi connectivity index (χ3v) is 7.03. The predicted octanol–water partition coefficient (Wildman–Crippen LogP) is 4.67. The van der Waals surface area contributed by atoms with E-state index in [1.54, 1.807) is 36.4 Å². The molecule has 184 valence electrons. The molecule has 2 aliphatic rings. The monoisotopic (exact) mass is 477 g/mol. The highest BCUT2D eigenvalue weighted by molar-refractivity contribution is 6.01. The van der Waals surface area contributed by atoms with Crippen molar-refractivity contribution < 1.29 is 28.7 Å². The zero-order valence-corrected chi connectivity index (χ0v) is 19.9. The molecule has 0 unspecified atom stereocenters. The van der Waals surface area contributed by atoms with Crippen LogP contribution in [0.5, 0.6) is 0 Å². The number of rotatable bonds is 10. The average Bonchev–Trinajstić information content (AvgIpc) is 3.50. The number of Topliss-reactive ketones (excluding diaryl/α,β-unsaturated/α-hetero) is 1. The van der Waals surface area contributed by atoms with Gasteiger partial charge in [-0.25, -0.2) is 4.79 Å². The molecule has 2 saturated carbocycles. The lowest BCUT2D eigenvalue weighted by Gasteiger charge is -2.28. The number of benzene rings is 2. The van der Waals surface area contributed by atoms with Gasteiger partial charge < -0.3 is 14.8 Å². The fourth-order valence-corrected chi connectivity index (χ4v) is 5.31. The largest absolute Gasteiger partial charge is 0.462 e. The molecular formula is C28H31NO6. The van der Waals surface area contributed by atoms with Crippen LogP contribution >= 0.6 is 0 Å². The summed E-state index contributed by atoms with van der Waals surface area (Å²) in [6, 6.07) is 15.4. The van der Waals surface area contributed by atoms with Crippen LogP contribution in [0.4, 0.5) is 5.69 Å². The molecule has 0 radical (unpaired) electrons. The number of fused-ring (bicyclic) bond motifs is 2. The molecular weight excluding hydrogens is 446 g/mol. The van der Waals surface area contributed by atoms with Crippen molar-refractivity contribution in [3.8, 4) is 0 Å². The minimum atomic E-state index is -0.507. The van der Waals surface area contributed by atoms with Crippen LogP contribution in [0.15, 0.2) is 54.6 Å². The van der Waals surface area contributed by atoms with Crippen molar-refractivity contribution in [1.29, 1.82) is 0 Å². The molecule has 0 heterocycles. The van der Waals surface area contributed by atoms with Crippen molar-refractivity contribution in [2.24, 2.45) is 23.7 Å². The van der Waals surface area contributed by atoms with Crippen molar-refractivity contribution in [1.82, 2.24) is 0 Å². The highest BCUT2D eigenvalue weighted by Crippen LogP contribution is 2.53. The van der Waals surface area contributed by atoms with E-state index in [1.807, 2.05) is 25.1 Å². The van der Waals surface area contributed by atoms with Gasteiger partial charge >= 0.3 is 11.9 Å². The molecule has 35 heavy (non-hydrogen) atoms. The van der Waals surface area contributed by atoms with E-state index in [0.717, 1.165) is 32.1 Å². The fraction of sp³-hybridized carbons (Fsp3) is 0.429. The predicted molar refractivity (Wildman–Crippen MR) is 130 cm³/mol. The lowest BCUT2D eigenvalue weighted by molar-refractivity contribution is -0.154. The number of ether oxygens (including phenoxy) is 2. The normalized spacial score (nSPS) is 22.4. The first-order valence-electron chi connectivity index (χ1n) is 12.3. The van der Waals surface area contributed by atoms with Crippen LogP contribution in [-0.2, 0) is 19.1 Å². The number of anilines is 1. The second kappa shape index (κ2) is 11.3. The highest BCUT2D eigenvalue weighted by Gasteiger charge is 2.54. The first kappa shape index (κ1) is 24.6. The van der Waals surface area contributed by atoms with E-state index < -0.39 is 36.3 Å². The van der Waals surface area contributed by atoms with Gasteiger partial charge in [-0.3, -0.25) is 14.4 Å². The Morgan fingerprint density at radius 2 is 1.54 bits per heavy atom. The maximum Gasteiger partial charge on any atom is 0.338 e. The van der Waals surface area contributed by atoms with Crippen molar-refractivity contribution in [3.05, 3.63) is 65.7 Å². The molecule has 4 atom stereocenters. The van der Waals surface area contributed by atoms with Crippen LogP contribution in [-0.4, -0.2) is 36.8 Å². The van der Waals surface area contributed by atoms with Crippen molar-refractivity contribution in [2.75, 3.05) is 18.5 Å². The number of carbonyl (C=O) groups excluding carboxylic acids is 4. The zero-order valence-electron chi connectivity index (χ0n) is 19.9. The Morgan fingerprint density at radius 3 is 2.23 bits per heavy atom. The van der Waals surface area contributed by atoms with E-state index in [1.165, 1.54) is 0 Å². The van der Waals surface area contributed by atoms with Gasteiger partial charge in [0.2, 0.25) is 0 Å². The summed E-state index contributed by atoms with van der Waals surface area (Å²) < 4.78 is 10.5. The molecule has 1 amide bonds. The molecule has 0 spiro atoms. The summed E-state index contributed by atoms with van der Waals surface area (Å²) in [6.07, 6.45) is 4.45. The maximum absolute atomic E-state index is 13.2. The second-order valence-corrected chi connectivity index (χ2v) is 9.34. The van der Waals surface area contributed by atoms with Gasteiger partial charge in [0, 0.05) is 17.2 Å². The van der Waals surface area contributed by atoms with Crippen LogP contribution in [0.1, 0.15) is 59.7 Å². The van der Waals surface area contributed by atoms with Gasteiger partial charge in [-0.15, -0.1) is 0 Å². The van der Waals surface area contributed by atoms with Crippen LogP contribution in [0.2, 0.25) is 0 Å². The highest BCUT2D eigenvalue weighted by atomic mass is 16.5. The van der Waals surface area contributed by atoms with Gasteiger partial charge in [0.25, 0.3) is 5.91 Å². The van der Waals surface area contributed by atoms with Gasteiger partial charge in [-0.2, -0.15) is 0 Å². The van der Waals surface area contributed by atoms with Gasteiger partial charge in [-0.1, -0.05) is 43.7 Å². The van der Waals surface area contributed by atoms with Crippen molar-refractivity contribution in [2.45, 2.75) is 39.0 Å². The van der Waals surface area contributed by atoms with E-state index in [-0.39, 0.29) is 17.6 Å². The van der Waals surface area contributed by atoms with E-state index in [9.17, 15) is 19.2 Å². The minimum Gasteiger partial charge on any atom is -0.462 e. The first-order valence-corrected chi connectivity index (χ1v) is 12.3. The smallest absolute Gasteiger partial charge is 0.338 e. The topological polar surface area (TPSA) is 98.8 Å². The summed E-state index contributed by atoms with van der Waals surface area (Å²) in [5.74, 6) is -1.97. The summed E-state index contributed by atoms with van der Waals surface area (Å²) in [7, 11) is 0. The van der Waals surface area contributed by atoms with Gasteiger partial charge in [-0.05, 0) is 61.8 Å². The van der Waals surface area contributed by atoms with Gasteiger partial charge in [0.1, 0.15) is 0 Å². The molecule has 2 aromatic rings. The Bertz CT molecular complexity index is 1060. The van der Waals surface area contributed by atoms with E-state index in [2.05, 4.69) is 5.32 Å². The van der Waals surface area contributed by atoms with Crippen LogP contribution in [0, 0.1) is 23.7 Å². The van der Waals surface area contributed by atoms with Gasteiger partial charge in [0.05, 0.1) is 18.1 Å². The molecule has 0 saturated heterocycles. The molecule has 2 bridgehead atoms. The maximum atomic E-state index is 13.2. The summed E-state index contributed by atoms with van der Waals surface area (Å²) in [6.45, 7) is 1.96. The van der Waals surface area contributed by atoms with Crippen molar-refractivity contribution >= 4 is 29.3 Å². The molecule has 2 aliphatic carbocycles. The van der Waals surface area contributed by atoms with Gasteiger partial charge in [0.15, 0.2) is 12.4 Å². The molecule has 0 aliphatic heterocycles. The Morgan fingerprint density at radius 1 is 0.857 bits per heavy atom. The molecule has 7 nitrogen and oxygen atoms in total. The van der Waals surface area contributed by atoms with Crippen LogP contribution in [0.3, 0.4) is 0 Å². The SMILES string of the molecule is CCCCOC(=O)c1ccc(NC(=O)COC(=O)[C@H]2[C@H]3CC[C@@H](C3)[C@@H]2C(=O)c2ccccc2)cc1.